The van der Waals surface area contributed by atoms with Gasteiger partial charge in [-0.3, -0.25) is 14.9 Å². The van der Waals surface area contributed by atoms with Gasteiger partial charge in [0, 0.05) is 42.9 Å². The number of nitrogens with zero attached hydrogens (tertiary/aromatic N) is 2. The minimum Gasteiger partial charge on any atom is -0.336 e. The SMILES string of the molecule is CC1CN(C(=O)c2ccc(C(C)(C)C)c([N+](=O)[O-])c2)CCN1. The predicted octanol–water partition coefficient (Wildman–Crippen LogP) is 2.33. The van der Waals surface area contributed by atoms with Gasteiger partial charge in [0.15, 0.2) is 0 Å². The van der Waals surface area contributed by atoms with Crippen molar-refractivity contribution in [2.45, 2.75) is 39.2 Å². The lowest BCUT2D eigenvalue weighted by molar-refractivity contribution is -0.386. The van der Waals surface area contributed by atoms with E-state index in [0.29, 0.717) is 24.2 Å². The van der Waals surface area contributed by atoms with Crippen LogP contribution in [0.15, 0.2) is 18.2 Å². The second kappa shape index (κ2) is 6.04. The first kappa shape index (κ1) is 16.4. The molecular weight excluding hydrogens is 282 g/mol. The number of nitro groups is 1. The van der Waals surface area contributed by atoms with Crippen LogP contribution in [0.1, 0.15) is 43.6 Å². The number of nitro benzene ring substituents is 1. The molecule has 0 saturated carbocycles. The highest BCUT2D eigenvalue weighted by Crippen LogP contribution is 2.32. The number of hydrogen-bond donors (Lipinski definition) is 1. The fourth-order valence-electron chi connectivity index (χ4n) is 2.75. The van der Waals surface area contributed by atoms with Gasteiger partial charge in [-0.15, -0.1) is 0 Å². The van der Waals surface area contributed by atoms with Gasteiger partial charge in [0.25, 0.3) is 11.6 Å². The molecule has 0 bridgehead atoms. The Morgan fingerprint density at radius 3 is 2.64 bits per heavy atom. The summed E-state index contributed by atoms with van der Waals surface area (Å²) in [6.07, 6.45) is 0. The lowest BCUT2D eigenvalue weighted by atomic mass is 9.85. The number of piperazine rings is 1. The minimum atomic E-state index is -0.405. The second-order valence-corrected chi connectivity index (χ2v) is 6.85. The van der Waals surface area contributed by atoms with Gasteiger partial charge in [0.1, 0.15) is 0 Å². The minimum absolute atomic E-state index is 0.0153. The van der Waals surface area contributed by atoms with Gasteiger partial charge in [-0.05, 0) is 18.4 Å². The van der Waals surface area contributed by atoms with Crippen molar-refractivity contribution in [3.8, 4) is 0 Å². The van der Waals surface area contributed by atoms with E-state index in [0.717, 1.165) is 6.54 Å². The summed E-state index contributed by atoms with van der Waals surface area (Å²) in [5.41, 5.74) is 0.700. The van der Waals surface area contributed by atoms with Crippen molar-refractivity contribution >= 4 is 11.6 Å². The third kappa shape index (κ3) is 3.44. The van der Waals surface area contributed by atoms with Gasteiger partial charge in [-0.1, -0.05) is 26.8 Å². The molecule has 1 aliphatic rings. The van der Waals surface area contributed by atoms with Crippen LogP contribution in [0.4, 0.5) is 5.69 Å². The molecule has 1 N–H and O–H groups in total. The van der Waals surface area contributed by atoms with Crippen LogP contribution in [0.3, 0.4) is 0 Å². The largest absolute Gasteiger partial charge is 0.336 e. The van der Waals surface area contributed by atoms with Crippen molar-refractivity contribution in [3.05, 3.63) is 39.4 Å². The number of nitrogens with one attached hydrogen (secondary N) is 1. The molecule has 1 saturated heterocycles. The Kier molecular flexibility index (Phi) is 4.51. The number of amides is 1. The number of benzene rings is 1. The molecular formula is C16H23N3O3. The van der Waals surface area contributed by atoms with Gasteiger partial charge in [0.2, 0.25) is 0 Å². The summed E-state index contributed by atoms with van der Waals surface area (Å²) in [7, 11) is 0. The first-order chi connectivity index (χ1) is 10.2. The van der Waals surface area contributed by atoms with Crippen LogP contribution in [-0.4, -0.2) is 41.4 Å². The molecule has 120 valence electrons. The Morgan fingerprint density at radius 2 is 2.09 bits per heavy atom. The van der Waals surface area contributed by atoms with Crippen molar-refractivity contribution < 1.29 is 9.72 Å². The molecule has 1 atom stereocenters. The molecule has 1 aliphatic heterocycles. The molecule has 1 aromatic rings. The van der Waals surface area contributed by atoms with E-state index < -0.39 is 4.92 Å². The summed E-state index contributed by atoms with van der Waals surface area (Å²) in [6, 6.07) is 5.05. The zero-order chi connectivity index (χ0) is 16.5. The van der Waals surface area contributed by atoms with Crippen molar-refractivity contribution in [1.82, 2.24) is 10.2 Å². The maximum atomic E-state index is 12.6. The van der Waals surface area contributed by atoms with E-state index in [1.807, 2.05) is 27.7 Å². The monoisotopic (exact) mass is 305 g/mol. The van der Waals surface area contributed by atoms with Crippen LogP contribution in [0.5, 0.6) is 0 Å². The molecule has 1 aromatic carbocycles. The standard InChI is InChI=1S/C16H23N3O3/c1-11-10-18(8-7-17-11)15(20)12-5-6-13(16(2,3)4)14(9-12)19(21)22/h5-6,9,11,17H,7-8,10H2,1-4H3. The first-order valence-corrected chi connectivity index (χ1v) is 7.51. The highest BCUT2D eigenvalue weighted by atomic mass is 16.6. The molecule has 0 aliphatic carbocycles. The van der Waals surface area contributed by atoms with Crippen molar-refractivity contribution in [3.63, 3.8) is 0 Å². The Labute approximate surface area is 130 Å². The number of rotatable bonds is 2. The summed E-state index contributed by atoms with van der Waals surface area (Å²) in [4.78, 5) is 25.2. The maximum absolute atomic E-state index is 12.6. The van der Waals surface area contributed by atoms with Crippen LogP contribution < -0.4 is 5.32 Å². The van der Waals surface area contributed by atoms with E-state index >= 15 is 0 Å². The third-order valence-electron chi connectivity index (χ3n) is 3.91. The van der Waals surface area contributed by atoms with Gasteiger partial charge in [-0.25, -0.2) is 0 Å². The smallest absolute Gasteiger partial charge is 0.273 e. The third-order valence-corrected chi connectivity index (χ3v) is 3.91. The molecule has 0 aromatic heterocycles. The Balaban J connectivity index is 2.34. The van der Waals surface area contributed by atoms with E-state index in [-0.39, 0.29) is 23.1 Å². The summed E-state index contributed by atoms with van der Waals surface area (Å²) in [5.74, 6) is -0.142. The summed E-state index contributed by atoms with van der Waals surface area (Å²) in [5, 5.41) is 14.6. The summed E-state index contributed by atoms with van der Waals surface area (Å²) < 4.78 is 0. The second-order valence-electron chi connectivity index (χ2n) is 6.85. The normalized spacial score (nSPS) is 19.1. The highest BCUT2D eigenvalue weighted by Gasteiger charge is 2.28. The average molecular weight is 305 g/mol. The van der Waals surface area contributed by atoms with Crippen LogP contribution in [0.25, 0.3) is 0 Å². The molecule has 1 heterocycles. The fraction of sp³-hybridized carbons (Fsp3) is 0.562. The topological polar surface area (TPSA) is 75.5 Å². The van der Waals surface area contributed by atoms with Crippen molar-refractivity contribution in [1.29, 1.82) is 0 Å². The quantitative estimate of drug-likeness (QED) is 0.672. The summed E-state index contributed by atoms with van der Waals surface area (Å²) in [6.45, 7) is 9.78. The molecule has 1 amide bonds. The molecule has 1 unspecified atom stereocenters. The van der Waals surface area contributed by atoms with Gasteiger partial charge < -0.3 is 10.2 Å². The highest BCUT2D eigenvalue weighted by molar-refractivity contribution is 5.95. The Bertz CT molecular complexity index is 593. The van der Waals surface area contributed by atoms with Crippen LogP contribution in [0, 0.1) is 10.1 Å². The molecule has 6 nitrogen and oxygen atoms in total. The summed E-state index contributed by atoms with van der Waals surface area (Å²) >= 11 is 0. The molecule has 0 radical (unpaired) electrons. The van der Waals surface area contributed by atoms with Gasteiger partial charge >= 0.3 is 0 Å². The fourth-order valence-corrected chi connectivity index (χ4v) is 2.75. The van der Waals surface area contributed by atoms with Gasteiger partial charge in [-0.2, -0.15) is 0 Å². The van der Waals surface area contributed by atoms with Gasteiger partial charge in [0.05, 0.1) is 4.92 Å². The molecule has 1 fully saturated rings. The van der Waals surface area contributed by atoms with E-state index in [4.69, 9.17) is 0 Å². The zero-order valence-corrected chi connectivity index (χ0v) is 13.5. The predicted molar refractivity (Wildman–Crippen MR) is 85.2 cm³/mol. The van der Waals surface area contributed by atoms with E-state index in [9.17, 15) is 14.9 Å². The number of carbonyl (C=O) groups excluding carboxylic acids is 1. The average Bonchev–Trinajstić information content (AvgIpc) is 2.44. The lowest BCUT2D eigenvalue weighted by Gasteiger charge is -2.32. The molecule has 22 heavy (non-hydrogen) atoms. The Morgan fingerprint density at radius 1 is 1.41 bits per heavy atom. The van der Waals surface area contributed by atoms with E-state index in [1.54, 1.807) is 17.0 Å². The number of carbonyl (C=O) groups is 1. The lowest BCUT2D eigenvalue weighted by Crippen LogP contribution is -2.51. The van der Waals surface area contributed by atoms with Crippen LogP contribution in [0.2, 0.25) is 0 Å². The van der Waals surface area contributed by atoms with Crippen LogP contribution >= 0.6 is 0 Å². The van der Waals surface area contributed by atoms with Crippen molar-refractivity contribution in [2.75, 3.05) is 19.6 Å². The van der Waals surface area contributed by atoms with Crippen molar-refractivity contribution in [2.24, 2.45) is 0 Å². The molecule has 0 spiro atoms. The zero-order valence-electron chi connectivity index (χ0n) is 13.5. The number of hydrogen-bond acceptors (Lipinski definition) is 4. The maximum Gasteiger partial charge on any atom is 0.273 e. The van der Waals surface area contributed by atoms with E-state index in [2.05, 4.69) is 5.32 Å². The molecule has 2 rings (SSSR count). The molecule has 6 heteroatoms. The Hall–Kier alpha value is -1.95. The first-order valence-electron chi connectivity index (χ1n) is 7.51. The van der Waals surface area contributed by atoms with E-state index in [1.165, 1.54) is 6.07 Å². The van der Waals surface area contributed by atoms with Crippen LogP contribution in [-0.2, 0) is 5.41 Å².